The van der Waals surface area contributed by atoms with Crippen molar-refractivity contribution < 1.29 is 13.5 Å². The monoisotopic (exact) mass is 276 g/mol. The van der Waals surface area contributed by atoms with Gasteiger partial charge in [-0.25, -0.2) is 0 Å². The Hall–Kier alpha value is -0.170. The van der Waals surface area contributed by atoms with Crippen molar-refractivity contribution in [2.45, 2.75) is 45.1 Å². The summed E-state index contributed by atoms with van der Waals surface area (Å²) < 4.78 is 28.1. The summed E-state index contributed by atoms with van der Waals surface area (Å²) in [4.78, 5) is 0. The molecule has 0 bridgehead atoms. The number of nitrogens with zero attached hydrogens (tertiary/aromatic N) is 2. The van der Waals surface area contributed by atoms with Crippen LogP contribution in [0.4, 0.5) is 0 Å². The summed E-state index contributed by atoms with van der Waals surface area (Å²) in [6.45, 7) is 4.06. The molecule has 0 spiro atoms. The first-order valence-electron chi connectivity index (χ1n) is 6.95. The fourth-order valence-electron chi connectivity index (χ4n) is 2.79. The molecule has 2 unspecified atom stereocenters. The predicted molar refractivity (Wildman–Crippen MR) is 70.3 cm³/mol. The number of rotatable bonds is 3. The van der Waals surface area contributed by atoms with E-state index in [9.17, 15) is 13.5 Å². The molecule has 0 aliphatic carbocycles. The van der Waals surface area contributed by atoms with E-state index in [-0.39, 0.29) is 5.92 Å². The molecule has 1 N–H and O–H groups in total. The summed E-state index contributed by atoms with van der Waals surface area (Å²) in [6, 6.07) is 0. The second kappa shape index (κ2) is 5.86. The van der Waals surface area contributed by atoms with Crippen molar-refractivity contribution in [1.82, 2.24) is 8.61 Å². The summed E-state index contributed by atoms with van der Waals surface area (Å²) in [5, 5.41) is 9.56. The van der Waals surface area contributed by atoms with Crippen LogP contribution in [0.25, 0.3) is 0 Å². The fourth-order valence-corrected chi connectivity index (χ4v) is 4.56. The van der Waals surface area contributed by atoms with Gasteiger partial charge in [0.1, 0.15) is 0 Å². The largest absolute Gasteiger partial charge is 0.393 e. The Balaban J connectivity index is 2.02. The zero-order valence-corrected chi connectivity index (χ0v) is 11.9. The number of hydrogen-bond donors (Lipinski definition) is 1. The molecule has 6 heteroatoms. The molecule has 0 aromatic carbocycles. The smallest absolute Gasteiger partial charge is 0.281 e. The van der Waals surface area contributed by atoms with Crippen LogP contribution in [0.5, 0.6) is 0 Å². The second-order valence-corrected chi connectivity index (χ2v) is 7.40. The predicted octanol–water partition coefficient (Wildman–Crippen LogP) is 0.810. The molecular weight excluding hydrogens is 252 g/mol. The zero-order valence-electron chi connectivity index (χ0n) is 11.1. The Morgan fingerprint density at radius 1 is 1.06 bits per heavy atom. The lowest BCUT2D eigenvalue weighted by molar-refractivity contribution is 0.132. The maximum atomic E-state index is 12.5. The Kier molecular flexibility index (Phi) is 4.64. The van der Waals surface area contributed by atoms with Crippen molar-refractivity contribution in [2.75, 3.05) is 26.2 Å². The van der Waals surface area contributed by atoms with Crippen LogP contribution in [0.15, 0.2) is 0 Å². The van der Waals surface area contributed by atoms with Crippen LogP contribution >= 0.6 is 0 Å². The van der Waals surface area contributed by atoms with Gasteiger partial charge in [-0.2, -0.15) is 17.0 Å². The molecule has 2 fully saturated rings. The van der Waals surface area contributed by atoms with Crippen LogP contribution in [-0.2, 0) is 10.2 Å². The van der Waals surface area contributed by atoms with E-state index in [2.05, 4.69) is 0 Å². The summed E-state index contributed by atoms with van der Waals surface area (Å²) in [7, 11) is -3.30. The molecule has 18 heavy (non-hydrogen) atoms. The third kappa shape index (κ3) is 3.04. The van der Waals surface area contributed by atoms with Crippen LogP contribution in [0, 0.1) is 5.92 Å². The van der Waals surface area contributed by atoms with Crippen molar-refractivity contribution in [3.05, 3.63) is 0 Å². The maximum absolute atomic E-state index is 12.5. The van der Waals surface area contributed by atoms with E-state index in [1.165, 1.54) is 0 Å². The molecule has 0 amide bonds. The lowest BCUT2D eigenvalue weighted by atomic mass is 10.0. The highest BCUT2D eigenvalue weighted by Gasteiger charge is 2.36. The molecule has 2 saturated heterocycles. The first-order valence-corrected chi connectivity index (χ1v) is 8.35. The van der Waals surface area contributed by atoms with Gasteiger partial charge in [-0.3, -0.25) is 0 Å². The van der Waals surface area contributed by atoms with Gasteiger partial charge in [0.05, 0.1) is 6.10 Å². The number of hydrogen-bond acceptors (Lipinski definition) is 3. The van der Waals surface area contributed by atoms with Gasteiger partial charge in [0.2, 0.25) is 0 Å². The summed E-state index contributed by atoms with van der Waals surface area (Å²) in [5.41, 5.74) is 0. The van der Waals surface area contributed by atoms with Gasteiger partial charge in [-0.1, -0.05) is 12.8 Å². The molecule has 0 saturated carbocycles. The molecule has 5 nitrogen and oxygen atoms in total. The number of aliphatic hydroxyl groups is 1. The van der Waals surface area contributed by atoms with E-state index in [0.29, 0.717) is 26.2 Å². The third-order valence-electron chi connectivity index (χ3n) is 4.09. The highest BCUT2D eigenvalue weighted by molar-refractivity contribution is 7.86. The van der Waals surface area contributed by atoms with E-state index < -0.39 is 16.3 Å². The van der Waals surface area contributed by atoms with Gasteiger partial charge in [0, 0.05) is 26.2 Å². The summed E-state index contributed by atoms with van der Waals surface area (Å²) >= 11 is 0. The topological polar surface area (TPSA) is 60.9 Å². The Morgan fingerprint density at radius 2 is 1.67 bits per heavy atom. The molecule has 0 aromatic heterocycles. The van der Waals surface area contributed by atoms with E-state index in [1.807, 2.05) is 0 Å². The van der Waals surface area contributed by atoms with Gasteiger partial charge >= 0.3 is 0 Å². The third-order valence-corrected chi connectivity index (χ3v) is 6.09. The highest BCUT2D eigenvalue weighted by Crippen LogP contribution is 2.25. The first kappa shape index (κ1) is 14.2. The van der Waals surface area contributed by atoms with Crippen LogP contribution < -0.4 is 0 Å². The SMILES string of the molecule is CC(O)C1CCN(S(=O)(=O)N2CCCCCC2)C1. The molecular formula is C12H24N2O3S. The molecule has 2 rings (SSSR count). The molecule has 2 aliphatic heterocycles. The number of aliphatic hydroxyl groups excluding tert-OH is 1. The van der Waals surface area contributed by atoms with Crippen LogP contribution in [0.1, 0.15) is 39.0 Å². The standard InChI is InChI=1S/C12H24N2O3S/c1-11(15)12-6-9-14(10-12)18(16,17)13-7-4-2-3-5-8-13/h11-12,15H,2-10H2,1H3. The van der Waals surface area contributed by atoms with Gasteiger partial charge in [0.15, 0.2) is 0 Å². The Labute approximate surface area is 110 Å². The van der Waals surface area contributed by atoms with E-state index >= 15 is 0 Å². The van der Waals surface area contributed by atoms with Gasteiger partial charge in [-0.05, 0) is 32.1 Å². The van der Waals surface area contributed by atoms with Crippen molar-refractivity contribution >= 4 is 10.2 Å². The molecule has 2 aliphatic rings. The van der Waals surface area contributed by atoms with E-state index in [4.69, 9.17) is 0 Å². The zero-order chi connectivity index (χ0) is 13.2. The molecule has 2 atom stereocenters. The average molecular weight is 276 g/mol. The van der Waals surface area contributed by atoms with E-state index in [0.717, 1.165) is 32.1 Å². The first-order chi connectivity index (χ1) is 8.51. The van der Waals surface area contributed by atoms with Crippen LogP contribution in [0.2, 0.25) is 0 Å². The van der Waals surface area contributed by atoms with Gasteiger partial charge in [0.25, 0.3) is 10.2 Å². The van der Waals surface area contributed by atoms with E-state index in [1.54, 1.807) is 15.5 Å². The summed E-state index contributed by atoms with van der Waals surface area (Å²) in [5.74, 6) is 0.0896. The fraction of sp³-hybridized carbons (Fsp3) is 1.00. The van der Waals surface area contributed by atoms with Gasteiger partial charge < -0.3 is 5.11 Å². The lowest BCUT2D eigenvalue weighted by Gasteiger charge is -2.26. The molecule has 0 radical (unpaired) electrons. The lowest BCUT2D eigenvalue weighted by Crippen LogP contribution is -2.43. The molecule has 2 heterocycles. The van der Waals surface area contributed by atoms with Crippen molar-refractivity contribution in [1.29, 1.82) is 0 Å². The van der Waals surface area contributed by atoms with Crippen molar-refractivity contribution in [2.24, 2.45) is 5.92 Å². The minimum absolute atomic E-state index is 0.0896. The molecule has 0 aromatic rings. The van der Waals surface area contributed by atoms with Crippen molar-refractivity contribution in [3.63, 3.8) is 0 Å². The van der Waals surface area contributed by atoms with Crippen molar-refractivity contribution in [3.8, 4) is 0 Å². The minimum Gasteiger partial charge on any atom is -0.393 e. The normalized spacial score (nSPS) is 30.2. The Morgan fingerprint density at radius 3 is 2.17 bits per heavy atom. The van der Waals surface area contributed by atoms with Gasteiger partial charge in [-0.15, -0.1) is 0 Å². The minimum atomic E-state index is -3.30. The van der Waals surface area contributed by atoms with Crippen LogP contribution in [-0.4, -0.2) is 54.4 Å². The average Bonchev–Trinajstić information content (AvgIpc) is 2.66. The summed E-state index contributed by atoms with van der Waals surface area (Å²) in [6.07, 6.45) is 4.53. The van der Waals surface area contributed by atoms with Crippen LogP contribution in [0.3, 0.4) is 0 Å². The second-order valence-electron chi connectivity index (χ2n) is 5.47. The highest BCUT2D eigenvalue weighted by atomic mass is 32.2. The molecule has 106 valence electrons. The Bertz CT molecular complexity index is 362. The quantitative estimate of drug-likeness (QED) is 0.830. The maximum Gasteiger partial charge on any atom is 0.281 e.